The molecule has 1 aliphatic rings. The number of rotatable bonds is 5. The van der Waals surface area contributed by atoms with Gasteiger partial charge in [0.15, 0.2) is 5.75 Å². The molecule has 0 unspecified atom stereocenters. The zero-order chi connectivity index (χ0) is 23.5. The Morgan fingerprint density at radius 3 is 2.69 bits per heavy atom. The molecule has 1 fully saturated rings. The van der Waals surface area contributed by atoms with E-state index in [1.165, 1.54) is 29.1 Å². The van der Waals surface area contributed by atoms with Crippen LogP contribution in [-0.2, 0) is 11.8 Å². The molecule has 12 heteroatoms. The van der Waals surface area contributed by atoms with Crippen LogP contribution >= 0.6 is 0 Å². The molecule has 172 valence electrons. The van der Waals surface area contributed by atoms with Gasteiger partial charge in [0, 0.05) is 19.7 Å². The van der Waals surface area contributed by atoms with E-state index in [2.05, 4.69) is 31.7 Å². The number of benzene rings is 1. The number of aliphatic hydroxyl groups is 1. The van der Waals surface area contributed by atoms with Gasteiger partial charge < -0.3 is 15.2 Å². The summed E-state index contributed by atoms with van der Waals surface area (Å²) in [4.78, 5) is 12.7. The summed E-state index contributed by atoms with van der Waals surface area (Å²) in [5, 5.41) is 16.3. The van der Waals surface area contributed by atoms with E-state index in [4.69, 9.17) is 0 Å². The van der Waals surface area contributed by atoms with Crippen molar-refractivity contribution in [3.8, 4) is 17.6 Å². The molecule has 2 aromatic rings. The van der Waals surface area contributed by atoms with Crippen LogP contribution in [-0.4, -0.2) is 52.0 Å². The van der Waals surface area contributed by atoms with Gasteiger partial charge in [-0.3, -0.25) is 14.2 Å². The highest BCUT2D eigenvalue weighted by Crippen LogP contribution is 2.31. The maximum absolute atomic E-state index is 13.0. The number of aromatic nitrogens is 2. The second kappa shape index (κ2) is 9.54. The number of ether oxygens (including phenoxy) is 2. The quantitative estimate of drug-likeness (QED) is 0.531. The molecule has 1 aliphatic carbocycles. The van der Waals surface area contributed by atoms with Gasteiger partial charge in [-0.25, -0.2) is 0 Å². The van der Waals surface area contributed by atoms with Crippen LogP contribution in [0.2, 0.25) is 0 Å². The van der Waals surface area contributed by atoms with Gasteiger partial charge in [-0.2, -0.15) is 13.9 Å². The lowest BCUT2D eigenvalue weighted by Crippen LogP contribution is -2.40. The van der Waals surface area contributed by atoms with Crippen molar-refractivity contribution in [3.05, 3.63) is 47.3 Å². The fourth-order valence-electron chi connectivity index (χ4n) is 3.31. The highest BCUT2D eigenvalue weighted by atomic mass is 19.4. The van der Waals surface area contributed by atoms with E-state index in [-0.39, 0.29) is 24.0 Å². The van der Waals surface area contributed by atoms with Gasteiger partial charge >= 0.3 is 13.0 Å². The minimum absolute atomic E-state index is 0.00736. The van der Waals surface area contributed by atoms with Crippen molar-refractivity contribution >= 4 is 5.91 Å². The number of amides is 1. The van der Waals surface area contributed by atoms with Crippen LogP contribution in [0.3, 0.4) is 0 Å². The lowest BCUT2D eigenvalue weighted by Gasteiger charge is -2.18. The second-order valence-corrected chi connectivity index (χ2v) is 7.02. The highest BCUT2D eigenvalue weighted by Gasteiger charge is 2.41. The molecule has 1 aromatic carbocycles. The Morgan fingerprint density at radius 2 is 2.06 bits per heavy atom. The van der Waals surface area contributed by atoms with E-state index in [1.807, 2.05) is 0 Å². The molecular weight excluding hydrogens is 441 g/mol. The van der Waals surface area contributed by atoms with E-state index in [1.54, 1.807) is 13.2 Å². The van der Waals surface area contributed by atoms with Gasteiger partial charge in [-0.1, -0.05) is 17.9 Å². The SMILES string of the molecule is Cn1cc(C#Cc2cccc(C(=O)N[C@H]3C[C@H](OC(F)(F)F)C[C@@H]3O)c2OC(F)F)cn1. The zero-order valence-corrected chi connectivity index (χ0v) is 16.6. The first-order valence-electron chi connectivity index (χ1n) is 9.34. The highest BCUT2D eigenvalue weighted by molar-refractivity contribution is 5.98. The molecule has 0 aliphatic heterocycles. The number of carbonyl (C=O) groups is 1. The average Bonchev–Trinajstić information content (AvgIpc) is 3.23. The van der Waals surface area contributed by atoms with Gasteiger partial charge in [-0.05, 0) is 18.6 Å². The van der Waals surface area contributed by atoms with Gasteiger partial charge in [-0.15, -0.1) is 13.2 Å². The maximum atomic E-state index is 13.0. The predicted octanol–water partition coefficient (Wildman–Crippen LogP) is 2.58. The van der Waals surface area contributed by atoms with Gasteiger partial charge in [0.2, 0.25) is 0 Å². The third-order valence-electron chi connectivity index (χ3n) is 4.62. The Hall–Kier alpha value is -3.17. The standard InChI is InChI=1S/C20H18F5N3O4/c1-28-10-11(9-26-28)5-6-12-3-2-4-14(17(12)31-19(21)22)18(30)27-15-7-13(8-16(15)29)32-20(23,24)25/h2-4,9-10,13,15-16,19,29H,7-8H2,1H3,(H,27,30)/t13-,15-,16-/m0/s1. The molecule has 0 bridgehead atoms. The molecule has 2 N–H and O–H groups in total. The minimum Gasteiger partial charge on any atom is -0.433 e. The average molecular weight is 459 g/mol. The predicted molar refractivity (Wildman–Crippen MR) is 99.7 cm³/mol. The van der Waals surface area contributed by atoms with Crippen LogP contribution in [0.1, 0.15) is 34.3 Å². The minimum atomic E-state index is -4.89. The lowest BCUT2D eigenvalue weighted by molar-refractivity contribution is -0.342. The number of hydrogen-bond acceptors (Lipinski definition) is 5. The fraction of sp³-hybridized carbons (Fsp3) is 0.400. The van der Waals surface area contributed by atoms with Crippen molar-refractivity contribution in [1.29, 1.82) is 0 Å². The second-order valence-electron chi connectivity index (χ2n) is 7.02. The lowest BCUT2D eigenvalue weighted by atomic mass is 10.1. The van der Waals surface area contributed by atoms with Crippen LogP contribution < -0.4 is 10.1 Å². The number of hydrogen-bond donors (Lipinski definition) is 2. The monoisotopic (exact) mass is 459 g/mol. The van der Waals surface area contributed by atoms with Gasteiger partial charge in [0.25, 0.3) is 5.91 Å². The number of alkyl halides is 5. The summed E-state index contributed by atoms with van der Waals surface area (Å²) < 4.78 is 73.1. The fourth-order valence-corrected chi connectivity index (χ4v) is 3.31. The molecule has 0 saturated heterocycles. The summed E-state index contributed by atoms with van der Waals surface area (Å²) in [6.45, 7) is -3.26. The van der Waals surface area contributed by atoms with Crippen LogP contribution in [0, 0.1) is 11.8 Å². The molecule has 7 nitrogen and oxygen atoms in total. The molecule has 32 heavy (non-hydrogen) atoms. The van der Waals surface area contributed by atoms with E-state index in [0.29, 0.717) is 5.56 Å². The van der Waals surface area contributed by atoms with Crippen molar-refractivity contribution in [3.63, 3.8) is 0 Å². The molecule has 3 atom stereocenters. The largest absolute Gasteiger partial charge is 0.522 e. The smallest absolute Gasteiger partial charge is 0.433 e. The van der Waals surface area contributed by atoms with Crippen LogP contribution in [0.4, 0.5) is 22.0 Å². The van der Waals surface area contributed by atoms with Crippen molar-refractivity contribution < 1.29 is 41.3 Å². The number of nitrogens with zero attached hydrogens (tertiary/aromatic N) is 2. The summed E-state index contributed by atoms with van der Waals surface area (Å²) in [7, 11) is 1.67. The number of carbonyl (C=O) groups excluding carboxylic acids is 1. The van der Waals surface area contributed by atoms with Gasteiger partial charge in [0.05, 0.1) is 41.1 Å². The topological polar surface area (TPSA) is 85.6 Å². The van der Waals surface area contributed by atoms with Crippen LogP contribution in [0.15, 0.2) is 30.6 Å². The Morgan fingerprint density at radius 1 is 1.31 bits per heavy atom. The zero-order valence-electron chi connectivity index (χ0n) is 16.6. The number of aliphatic hydroxyl groups excluding tert-OH is 1. The third kappa shape index (κ3) is 6.18. The first-order chi connectivity index (χ1) is 15.0. The van der Waals surface area contributed by atoms with Crippen molar-refractivity contribution in [1.82, 2.24) is 15.1 Å². The molecule has 1 aromatic heterocycles. The third-order valence-corrected chi connectivity index (χ3v) is 4.62. The van der Waals surface area contributed by atoms with E-state index in [9.17, 15) is 31.9 Å². The Kier molecular flexibility index (Phi) is 7.00. The molecule has 0 radical (unpaired) electrons. The molecular formula is C20H18F5N3O4. The molecule has 0 spiro atoms. The van der Waals surface area contributed by atoms with Crippen molar-refractivity contribution in [2.45, 2.75) is 44.1 Å². The number of nitrogens with one attached hydrogen (secondary N) is 1. The summed E-state index contributed by atoms with van der Waals surface area (Å²) >= 11 is 0. The van der Waals surface area contributed by atoms with E-state index < -0.39 is 42.9 Å². The number of aryl methyl sites for hydroxylation is 1. The molecule has 1 amide bonds. The Balaban J connectivity index is 1.82. The molecule has 1 heterocycles. The summed E-state index contributed by atoms with van der Waals surface area (Å²) in [5.74, 6) is 3.95. The van der Waals surface area contributed by atoms with E-state index >= 15 is 0 Å². The normalized spacial score (nSPS) is 20.7. The van der Waals surface area contributed by atoms with E-state index in [0.717, 1.165) is 0 Å². The summed E-state index contributed by atoms with van der Waals surface area (Å²) in [5.41, 5.74) is 0.179. The first-order valence-corrected chi connectivity index (χ1v) is 9.34. The van der Waals surface area contributed by atoms with Crippen molar-refractivity contribution in [2.24, 2.45) is 7.05 Å². The van der Waals surface area contributed by atoms with Gasteiger partial charge in [0.1, 0.15) is 0 Å². The van der Waals surface area contributed by atoms with Crippen LogP contribution in [0.5, 0.6) is 5.75 Å². The first kappa shape index (κ1) is 23.5. The van der Waals surface area contributed by atoms with Crippen LogP contribution in [0.25, 0.3) is 0 Å². The molecule has 1 saturated carbocycles. The Bertz CT molecular complexity index is 1030. The maximum Gasteiger partial charge on any atom is 0.522 e. The summed E-state index contributed by atoms with van der Waals surface area (Å²) in [6, 6.07) is 2.89. The Labute approximate surface area is 179 Å². The molecule has 3 rings (SSSR count). The number of para-hydroxylation sites is 1. The van der Waals surface area contributed by atoms with Crippen molar-refractivity contribution in [2.75, 3.05) is 0 Å². The number of halogens is 5. The summed E-state index contributed by atoms with van der Waals surface area (Å²) in [6.07, 6.45) is -5.14.